The molecule has 5 nitrogen and oxygen atoms in total. The lowest BCUT2D eigenvalue weighted by Gasteiger charge is -2.35. The van der Waals surface area contributed by atoms with Crippen LogP contribution in [0.4, 0.5) is 0 Å². The van der Waals surface area contributed by atoms with Crippen LogP contribution in [0.25, 0.3) is 21.7 Å². The van der Waals surface area contributed by atoms with E-state index in [9.17, 15) is 4.79 Å². The fraction of sp³-hybridized carbons (Fsp3) is 0.269. The van der Waals surface area contributed by atoms with E-state index < -0.39 is 0 Å². The number of benzene rings is 2. The van der Waals surface area contributed by atoms with Gasteiger partial charge in [-0.1, -0.05) is 60.7 Å². The molecule has 0 N–H and O–H groups in total. The van der Waals surface area contributed by atoms with Crippen LogP contribution in [0, 0.1) is 6.92 Å². The minimum atomic E-state index is -0.00296. The number of piperidine rings is 1. The van der Waals surface area contributed by atoms with Crippen molar-refractivity contribution in [1.82, 2.24) is 14.9 Å². The highest BCUT2D eigenvalue weighted by Gasteiger charge is 2.32. The highest BCUT2D eigenvalue weighted by Crippen LogP contribution is 2.34. The molecule has 1 amide bonds. The number of carbonyl (C=O) groups is 1. The molecule has 1 aliphatic heterocycles. The molecule has 1 fully saturated rings. The number of likely N-dealkylation sites (tertiary alicyclic amines) is 1. The molecule has 1 unspecified atom stereocenters. The smallest absolute Gasteiger partial charge is 0.274 e. The van der Waals surface area contributed by atoms with Crippen LogP contribution in [0.2, 0.25) is 0 Å². The van der Waals surface area contributed by atoms with Crippen molar-refractivity contribution in [1.29, 1.82) is 0 Å². The maximum Gasteiger partial charge on any atom is 0.274 e. The zero-order valence-corrected chi connectivity index (χ0v) is 20.7. The molecule has 1 aliphatic rings. The van der Waals surface area contributed by atoms with Gasteiger partial charge >= 0.3 is 0 Å². The molecule has 1 saturated heterocycles. The Bertz CT molecular complexity index is 1250. The molecule has 0 bridgehead atoms. The van der Waals surface area contributed by atoms with Gasteiger partial charge in [-0.15, -0.1) is 11.3 Å². The number of aromatic nitrogens is 2. The lowest BCUT2D eigenvalue weighted by Crippen LogP contribution is -2.45. The van der Waals surface area contributed by atoms with Crippen LogP contribution in [-0.4, -0.2) is 33.4 Å². The molecule has 2 aromatic carbocycles. The maximum absolute atomic E-state index is 13.7. The summed E-state index contributed by atoms with van der Waals surface area (Å²) in [4.78, 5) is 26.0. The molecule has 4 aromatic rings. The molecule has 0 aliphatic carbocycles. The van der Waals surface area contributed by atoms with Crippen molar-refractivity contribution in [2.75, 3.05) is 6.54 Å². The Kier molecular flexibility index (Phi) is 6.42. The SMILES string of the molecule is Cc1nc(C(=O)N2CCCCC2Cc2nc(-c3ccccc3)c(Br)o2)c(-c2ccccc2)s1. The molecule has 1 atom stereocenters. The normalized spacial score (nSPS) is 16.2. The van der Waals surface area contributed by atoms with Gasteiger partial charge in [-0.25, -0.2) is 9.97 Å². The second kappa shape index (κ2) is 9.61. The fourth-order valence-corrected chi connectivity index (χ4v) is 5.80. The fourth-order valence-electron chi connectivity index (χ4n) is 4.38. The first-order chi connectivity index (χ1) is 16.1. The summed E-state index contributed by atoms with van der Waals surface area (Å²) in [5, 5.41) is 0.898. The maximum atomic E-state index is 13.7. The van der Waals surface area contributed by atoms with Gasteiger partial charge in [-0.2, -0.15) is 0 Å². The Morgan fingerprint density at radius 3 is 2.48 bits per heavy atom. The summed E-state index contributed by atoms with van der Waals surface area (Å²) in [7, 11) is 0. The quantitative estimate of drug-likeness (QED) is 0.290. The van der Waals surface area contributed by atoms with E-state index in [2.05, 4.69) is 20.9 Å². The van der Waals surface area contributed by atoms with Crippen molar-refractivity contribution < 1.29 is 9.21 Å². The molecular weight excluding hydrogens is 498 g/mol. The van der Waals surface area contributed by atoms with Gasteiger partial charge in [0.05, 0.1) is 9.88 Å². The number of hydrogen-bond donors (Lipinski definition) is 0. The Labute approximate surface area is 205 Å². The summed E-state index contributed by atoms with van der Waals surface area (Å²) in [6.07, 6.45) is 3.59. The van der Waals surface area contributed by atoms with Crippen molar-refractivity contribution in [3.63, 3.8) is 0 Å². The molecule has 0 radical (unpaired) electrons. The number of halogens is 1. The summed E-state index contributed by atoms with van der Waals surface area (Å²) >= 11 is 5.09. The zero-order chi connectivity index (χ0) is 22.8. The molecule has 2 aromatic heterocycles. The van der Waals surface area contributed by atoms with E-state index in [0.717, 1.165) is 52.5 Å². The number of nitrogens with zero attached hydrogens (tertiary/aromatic N) is 3. The third-order valence-electron chi connectivity index (χ3n) is 5.95. The second-order valence-electron chi connectivity index (χ2n) is 8.22. The van der Waals surface area contributed by atoms with Gasteiger partial charge in [-0.05, 0) is 47.7 Å². The second-order valence-corrected chi connectivity index (χ2v) is 10.1. The topological polar surface area (TPSA) is 59.2 Å². The standard InChI is InChI=1S/C26H24BrN3O2S/c1-17-28-23(24(33-17)19-12-6-3-7-13-19)26(31)30-15-9-8-14-20(30)16-21-29-22(25(27)32-21)18-10-4-2-5-11-18/h2-7,10-13,20H,8-9,14-16H2,1H3. The number of amides is 1. The molecule has 3 heterocycles. The van der Waals surface area contributed by atoms with Crippen LogP contribution in [0.15, 0.2) is 69.8 Å². The van der Waals surface area contributed by atoms with Crippen LogP contribution in [0.1, 0.15) is 40.6 Å². The predicted octanol–water partition coefficient (Wildman–Crippen LogP) is 6.77. The summed E-state index contributed by atoms with van der Waals surface area (Å²) in [5.41, 5.74) is 3.38. The molecule has 168 valence electrons. The molecular formula is C26H24BrN3O2S. The lowest BCUT2D eigenvalue weighted by molar-refractivity contribution is 0.0600. The Balaban J connectivity index is 1.41. The molecule has 0 spiro atoms. The first kappa shape index (κ1) is 22.0. The average molecular weight is 522 g/mol. The van der Waals surface area contributed by atoms with Crippen LogP contribution in [0.5, 0.6) is 0 Å². The minimum absolute atomic E-state index is 0.00296. The Hall–Kier alpha value is -2.77. The number of aryl methyl sites for hydroxylation is 1. The van der Waals surface area contributed by atoms with Crippen LogP contribution < -0.4 is 0 Å². The van der Waals surface area contributed by atoms with Crippen LogP contribution >= 0.6 is 27.3 Å². The molecule has 5 rings (SSSR count). The summed E-state index contributed by atoms with van der Waals surface area (Å²) in [5.74, 6) is 0.639. The van der Waals surface area contributed by atoms with Crippen molar-refractivity contribution in [2.24, 2.45) is 0 Å². The first-order valence-corrected chi connectivity index (χ1v) is 12.8. The van der Waals surface area contributed by atoms with Crippen molar-refractivity contribution in [2.45, 2.75) is 38.6 Å². The predicted molar refractivity (Wildman–Crippen MR) is 134 cm³/mol. The van der Waals surface area contributed by atoms with Gasteiger partial charge in [0.2, 0.25) is 0 Å². The molecule has 7 heteroatoms. The monoisotopic (exact) mass is 521 g/mol. The highest BCUT2D eigenvalue weighted by molar-refractivity contribution is 9.10. The Morgan fingerprint density at radius 1 is 1.06 bits per heavy atom. The molecule has 33 heavy (non-hydrogen) atoms. The third-order valence-corrected chi connectivity index (χ3v) is 7.51. The number of thiazole rings is 1. The average Bonchev–Trinajstić information content (AvgIpc) is 3.42. The van der Waals surface area contributed by atoms with E-state index in [4.69, 9.17) is 9.40 Å². The van der Waals surface area contributed by atoms with Gasteiger partial charge in [0.15, 0.2) is 10.6 Å². The van der Waals surface area contributed by atoms with Crippen molar-refractivity contribution in [3.05, 3.63) is 81.9 Å². The lowest BCUT2D eigenvalue weighted by atomic mass is 9.98. The number of oxazole rings is 1. The van der Waals surface area contributed by atoms with Gasteiger partial charge < -0.3 is 9.32 Å². The van der Waals surface area contributed by atoms with Gasteiger partial charge in [0.1, 0.15) is 11.4 Å². The van der Waals surface area contributed by atoms with E-state index in [-0.39, 0.29) is 11.9 Å². The Morgan fingerprint density at radius 2 is 1.76 bits per heavy atom. The van der Waals surface area contributed by atoms with E-state index in [1.54, 1.807) is 11.3 Å². The van der Waals surface area contributed by atoms with E-state index >= 15 is 0 Å². The minimum Gasteiger partial charge on any atom is -0.433 e. The van der Waals surface area contributed by atoms with Crippen molar-refractivity contribution in [3.8, 4) is 21.7 Å². The van der Waals surface area contributed by atoms with Gasteiger partial charge in [-0.3, -0.25) is 4.79 Å². The highest BCUT2D eigenvalue weighted by atomic mass is 79.9. The summed E-state index contributed by atoms with van der Waals surface area (Å²) < 4.78 is 6.58. The first-order valence-electron chi connectivity index (χ1n) is 11.1. The summed E-state index contributed by atoms with van der Waals surface area (Å²) in [6.45, 7) is 2.68. The van der Waals surface area contributed by atoms with E-state index in [1.807, 2.05) is 72.5 Å². The van der Waals surface area contributed by atoms with Crippen LogP contribution in [0.3, 0.4) is 0 Å². The van der Waals surface area contributed by atoms with Crippen LogP contribution in [-0.2, 0) is 6.42 Å². The van der Waals surface area contributed by atoms with Gasteiger partial charge in [0.25, 0.3) is 5.91 Å². The summed E-state index contributed by atoms with van der Waals surface area (Å²) in [6, 6.07) is 20.0. The largest absolute Gasteiger partial charge is 0.433 e. The zero-order valence-electron chi connectivity index (χ0n) is 18.3. The third kappa shape index (κ3) is 4.66. The number of hydrogen-bond acceptors (Lipinski definition) is 5. The number of carbonyl (C=O) groups excluding carboxylic acids is 1. The van der Waals surface area contributed by atoms with Gasteiger partial charge in [0, 0.05) is 24.6 Å². The van der Waals surface area contributed by atoms with Crippen molar-refractivity contribution >= 4 is 33.2 Å². The van der Waals surface area contributed by atoms with E-state index in [1.165, 1.54) is 0 Å². The number of rotatable bonds is 5. The van der Waals surface area contributed by atoms with E-state index in [0.29, 0.717) is 22.7 Å². The molecule has 0 saturated carbocycles.